The average molecular weight is 419 g/mol. The molecule has 0 aliphatic heterocycles. The van der Waals surface area contributed by atoms with Crippen molar-refractivity contribution in [2.24, 2.45) is 0 Å². The fraction of sp³-hybridized carbons (Fsp3) is 0.250. The van der Waals surface area contributed by atoms with E-state index >= 15 is 0 Å². The van der Waals surface area contributed by atoms with Gasteiger partial charge in [0.25, 0.3) is 5.91 Å². The first-order valence-corrected chi connectivity index (χ1v) is 10.1. The van der Waals surface area contributed by atoms with Crippen molar-refractivity contribution in [1.82, 2.24) is 10.3 Å². The maximum Gasteiger partial charge on any atom is 0.255 e. The summed E-state index contributed by atoms with van der Waals surface area (Å²) in [6.07, 6.45) is 2.12. The van der Waals surface area contributed by atoms with Gasteiger partial charge >= 0.3 is 0 Å². The third-order valence-electron chi connectivity index (χ3n) is 4.86. The lowest BCUT2D eigenvalue weighted by atomic mass is 10.0. The topological polar surface area (TPSA) is 97.4 Å². The van der Waals surface area contributed by atoms with Crippen LogP contribution in [0.4, 0.5) is 11.4 Å². The summed E-state index contributed by atoms with van der Waals surface area (Å²) in [6.45, 7) is 3.50. The molecule has 3 rings (SSSR count). The molecule has 7 nitrogen and oxygen atoms in total. The smallest absolute Gasteiger partial charge is 0.255 e. The molecule has 2 N–H and O–H groups in total. The van der Waals surface area contributed by atoms with Gasteiger partial charge in [0.15, 0.2) is 5.78 Å². The molecule has 0 aliphatic carbocycles. The van der Waals surface area contributed by atoms with E-state index in [2.05, 4.69) is 15.6 Å². The molecular weight excluding hydrogens is 394 g/mol. The molecule has 0 bridgehead atoms. The van der Waals surface area contributed by atoms with Crippen LogP contribution in [0.5, 0.6) is 5.75 Å². The highest BCUT2D eigenvalue weighted by atomic mass is 16.5. The van der Waals surface area contributed by atoms with Crippen molar-refractivity contribution < 1.29 is 19.1 Å². The summed E-state index contributed by atoms with van der Waals surface area (Å²) < 4.78 is 5.40. The summed E-state index contributed by atoms with van der Waals surface area (Å²) in [7, 11) is 1.48. The zero-order valence-electron chi connectivity index (χ0n) is 17.8. The predicted molar refractivity (Wildman–Crippen MR) is 120 cm³/mol. The highest BCUT2D eigenvalue weighted by Gasteiger charge is 2.20. The maximum absolute atomic E-state index is 12.8. The van der Waals surface area contributed by atoms with Crippen LogP contribution in [0.3, 0.4) is 0 Å². The molecule has 2 aromatic carbocycles. The van der Waals surface area contributed by atoms with Crippen LogP contribution in [0.1, 0.15) is 47.4 Å². The molecule has 0 saturated heterocycles. The zero-order valence-corrected chi connectivity index (χ0v) is 17.8. The first-order chi connectivity index (χ1) is 14.9. The predicted octanol–water partition coefficient (Wildman–Crippen LogP) is 4.29. The van der Waals surface area contributed by atoms with E-state index in [1.54, 1.807) is 25.3 Å². The van der Waals surface area contributed by atoms with Crippen molar-refractivity contribution in [3.63, 3.8) is 0 Å². The molecule has 160 valence electrons. The number of nitrogens with zero attached hydrogens (tertiary/aromatic N) is 1. The lowest BCUT2D eigenvalue weighted by Gasteiger charge is -2.16. The molecule has 1 amide bonds. The minimum atomic E-state index is -0.363. The van der Waals surface area contributed by atoms with Crippen LogP contribution < -0.4 is 15.4 Å². The van der Waals surface area contributed by atoms with E-state index in [0.717, 1.165) is 5.69 Å². The van der Waals surface area contributed by atoms with E-state index in [9.17, 15) is 14.4 Å². The number of ether oxygens (including phenoxy) is 1. The number of rotatable bonds is 9. The maximum atomic E-state index is 12.8. The van der Waals surface area contributed by atoms with Gasteiger partial charge in [-0.1, -0.05) is 25.1 Å². The average Bonchev–Trinajstić information content (AvgIpc) is 2.78. The zero-order chi connectivity index (χ0) is 22.4. The molecule has 31 heavy (non-hydrogen) atoms. The van der Waals surface area contributed by atoms with Crippen LogP contribution in [0, 0.1) is 0 Å². The normalized spacial score (nSPS) is 10.5. The summed E-state index contributed by atoms with van der Waals surface area (Å²) in [5.41, 5.74) is 2.74. The Kier molecular flexibility index (Phi) is 6.97. The van der Waals surface area contributed by atoms with Gasteiger partial charge in [-0.3, -0.25) is 19.4 Å². The summed E-state index contributed by atoms with van der Waals surface area (Å²) >= 11 is 0. The monoisotopic (exact) mass is 419 g/mol. The first-order valence-electron chi connectivity index (χ1n) is 10.1. The summed E-state index contributed by atoms with van der Waals surface area (Å²) in [6, 6.07) is 12.8. The molecule has 1 heterocycles. The number of nitrogens with one attached hydrogen (secondary N) is 2. The third-order valence-corrected chi connectivity index (χ3v) is 4.86. The lowest BCUT2D eigenvalue weighted by Crippen LogP contribution is -2.26. The van der Waals surface area contributed by atoms with Gasteiger partial charge in [0.1, 0.15) is 11.5 Å². The SMILES string of the molecule is CCC(=O)c1cnc2cc(OC)c(C(=O)NCCC(C)=O)cc2c1Nc1ccccc1. The molecule has 0 radical (unpaired) electrons. The molecule has 1 aromatic heterocycles. The second-order valence-corrected chi connectivity index (χ2v) is 7.09. The molecule has 7 heteroatoms. The number of carbonyl (C=O) groups is 3. The Balaban J connectivity index is 2.13. The number of anilines is 2. The second-order valence-electron chi connectivity index (χ2n) is 7.09. The van der Waals surface area contributed by atoms with Crippen molar-refractivity contribution in [3.05, 3.63) is 59.8 Å². The Morgan fingerprint density at radius 2 is 1.81 bits per heavy atom. The molecule has 3 aromatic rings. The number of ketones is 2. The van der Waals surface area contributed by atoms with E-state index < -0.39 is 0 Å². The van der Waals surface area contributed by atoms with Crippen LogP contribution in [0.25, 0.3) is 10.9 Å². The van der Waals surface area contributed by atoms with Gasteiger partial charge in [-0.2, -0.15) is 0 Å². The van der Waals surface area contributed by atoms with Gasteiger partial charge in [-0.25, -0.2) is 0 Å². The number of benzene rings is 2. The number of para-hydroxylation sites is 1. The first kappa shape index (κ1) is 22.0. The van der Waals surface area contributed by atoms with Crippen molar-refractivity contribution in [1.29, 1.82) is 0 Å². The second kappa shape index (κ2) is 9.84. The quantitative estimate of drug-likeness (QED) is 0.502. The number of amides is 1. The van der Waals surface area contributed by atoms with E-state index in [0.29, 0.717) is 39.9 Å². The lowest BCUT2D eigenvalue weighted by molar-refractivity contribution is -0.116. The highest BCUT2D eigenvalue weighted by molar-refractivity contribution is 6.11. The molecule has 0 spiro atoms. The number of carbonyl (C=O) groups excluding carboxylic acids is 3. The van der Waals surface area contributed by atoms with Crippen LogP contribution >= 0.6 is 0 Å². The standard InChI is InChI=1S/C24H25N3O4/c1-4-21(29)19-14-26-20-13-22(31-3)18(24(30)25-11-10-15(2)28)12-17(20)23(19)27-16-8-6-5-7-9-16/h5-9,12-14H,4,10-11H2,1-3H3,(H,25,30)(H,26,27). The number of hydrogen-bond acceptors (Lipinski definition) is 6. The highest BCUT2D eigenvalue weighted by Crippen LogP contribution is 2.34. The van der Waals surface area contributed by atoms with Crippen LogP contribution in [0.2, 0.25) is 0 Å². The largest absolute Gasteiger partial charge is 0.496 e. The molecular formula is C24H25N3O4. The van der Waals surface area contributed by atoms with Gasteiger partial charge < -0.3 is 15.4 Å². The number of pyridine rings is 1. The summed E-state index contributed by atoms with van der Waals surface area (Å²) in [5, 5.41) is 6.68. The Morgan fingerprint density at radius 3 is 2.45 bits per heavy atom. The fourth-order valence-electron chi connectivity index (χ4n) is 3.22. The Bertz CT molecular complexity index is 1130. The Labute approximate surface area is 180 Å². The number of Topliss-reactive ketones (excluding diaryl/α,β-unsaturated/α-hetero) is 2. The minimum Gasteiger partial charge on any atom is -0.496 e. The Hall–Kier alpha value is -3.74. The number of aromatic nitrogens is 1. The van der Waals surface area contributed by atoms with Crippen LogP contribution in [-0.2, 0) is 4.79 Å². The van der Waals surface area contributed by atoms with Crippen molar-refractivity contribution in [2.45, 2.75) is 26.7 Å². The van der Waals surface area contributed by atoms with E-state index in [-0.39, 0.29) is 30.4 Å². The van der Waals surface area contributed by atoms with E-state index in [1.165, 1.54) is 14.0 Å². The summed E-state index contributed by atoms with van der Waals surface area (Å²) in [4.78, 5) is 41.0. The van der Waals surface area contributed by atoms with Gasteiger partial charge in [0.2, 0.25) is 0 Å². The number of methoxy groups -OCH3 is 1. The molecule has 0 aliphatic rings. The van der Waals surface area contributed by atoms with Crippen molar-refractivity contribution in [3.8, 4) is 5.75 Å². The van der Waals surface area contributed by atoms with E-state index in [1.807, 2.05) is 30.3 Å². The van der Waals surface area contributed by atoms with Crippen molar-refractivity contribution in [2.75, 3.05) is 19.0 Å². The molecule has 0 fully saturated rings. The van der Waals surface area contributed by atoms with E-state index in [4.69, 9.17) is 4.74 Å². The number of hydrogen-bond donors (Lipinski definition) is 2. The van der Waals surface area contributed by atoms with Crippen LogP contribution in [0.15, 0.2) is 48.7 Å². The Morgan fingerprint density at radius 1 is 1.06 bits per heavy atom. The fourth-order valence-corrected chi connectivity index (χ4v) is 3.22. The van der Waals surface area contributed by atoms with Gasteiger partial charge in [-0.15, -0.1) is 0 Å². The van der Waals surface area contributed by atoms with Crippen molar-refractivity contribution >= 4 is 39.8 Å². The van der Waals surface area contributed by atoms with Gasteiger partial charge in [-0.05, 0) is 25.1 Å². The van der Waals surface area contributed by atoms with Gasteiger partial charge in [0, 0.05) is 42.7 Å². The minimum absolute atomic E-state index is 0.00737. The molecule has 0 unspecified atom stereocenters. The third kappa shape index (κ3) is 5.06. The van der Waals surface area contributed by atoms with Crippen LogP contribution in [-0.4, -0.2) is 36.1 Å². The summed E-state index contributed by atoms with van der Waals surface area (Å²) in [5.74, 6) is -0.0680. The molecule has 0 atom stereocenters. The number of fused-ring (bicyclic) bond motifs is 1. The van der Waals surface area contributed by atoms with Gasteiger partial charge in [0.05, 0.1) is 29.4 Å². The molecule has 0 saturated carbocycles.